The summed E-state index contributed by atoms with van der Waals surface area (Å²) in [6, 6.07) is 17.9. The molecule has 118 valence electrons. The predicted octanol–water partition coefficient (Wildman–Crippen LogP) is 3.62. The number of hydrogen-bond acceptors (Lipinski definition) is 4. The highest BCUT2D eigenvalue weighted by molar-refractivity contribution is 7.99. The van der Waals surface area contributed by atoms with Gasteiger partial charge in [0.15, 0.2) is 11.0 Å². The summed E-state index contributed by atoms with van der Waals surface area (Å²) in [5.74, 6) is 1.38. The maximum Gasteiger partial charge on any atom is 0.191 e. The highest BCUT2D eigenvalue weighted by Crippen LogP contribution is 2.26. The Morgan fingerprint density at radius 1 is 1.09 bits per heavy atom. The molecule has 1 heterocycles. The zero-order valence-electron chi connectivity index (χ0n) is 13.2. The lowest BCUT2D eigenvalue weighted by Gasteiger charge is -2.10. The van der Waals surface area contributed by atoms with E-state index in [1.807, 2.05) is 54.1 Å². The number of aromatic nitrogens is 3. The van der Waals surface area contributed by atoms with Crippen LogP contribution < -0.4 is 0 Å². The monoisotopic (exact) mass is 325 g/mol. The first-order chi connectivity index (χ1) is 11.1. The average Bonchev–Trinajstić information content (AvgIpc) is 2.94. The second kappa shape index (κ2) is 6.98. The predicted molar refractivity (Wildman–Crippen MR) is 93.3 cm³/mol. The molecule has 0 aliphatic heterocycles. The van der Waals surface area contributed by atoms with Crippen LogP contribution in [0.5, 0.6) is 0 Å². The maximum absolute atomic E-state index is 10.3. The van der Waals surface area contributed by atoms with Gasteiger partial charge < -0.3 is 9.67 Å². The molecule has 1 unspecified atom stereocenters. The van der Waals surface area contributed by atoms with Crippen LogP contribution in [0.15, 0.2) is 59.8 Å². The normalized spacial score (nSPS) is 12.3. The minimum atomic E-state index is -0.514. The van der Waals surface area contributed by atoms with E-state index in [1.54, 1.807) is 0 Å². The largest absolute Gasteiger partial charge is 0.388 e. The van der Waals surface area contributed by atoms with E-state index in [9.17, 15) is 5.11 Å². The van der Waals surface area contributed by atoms with Crippen molar-refractivity contribution in [3.63, 3.8) is 0 Å². The molecule has 1 N–H and O–H groups in total. The molecule has 1 aromatic heterocycles. The van der Waals surface area contributed by atoms with E-state index in [2.05, 4.69) is 29.3 Å². The second-order valence-corrected chi connectivity index (χ2v) is 6.46. The van der Waals surface area contributed by atoms with Gasteiger partial charge in [-0.2, -0.15) is 0 Å². The van der Waals surface area contributed by atoms with Crippen LogP contribution >= 0.6 is 11.8 Å². The van der Waals surface area contributed by atoms with Crippen molar-refractivity contribution in [3.8, 4) is 11.4 Å². The van der Waals surface area contributed by atoms with E-state index >= 15 is 0 Å². The summed E-state index contributed by atoms with van der Waals surface area (Å²) < 4.78 is 1.97. The Morgan fingerprint density at radius 3 is 2.61 bits per heavy atom. The van der Waals surface area contributed by atoms with Gasteiger partial charge in [0.2, 0.25) is 0 Å². The molecule has 0 fully saturated rings. The first kappa shape index (κ1) is 15.8. The highest BCUT2D eigenvalue weighted by atomic mass is 32.2. The molecular weight excluding hydrogens is 306 g/mol. The molecule has 0 aliphatic carbocycles. The van der Waals surface area contributed by atoms with Crippen LogP contribution in [0.1, 0.15) is 17.2 Å². The number of hydrogen-bond donors (Lipinski definition) is 1. The fourth-order valence-electron chi connectivity index (χ4n) is 2.40. The minimum Gasteiger partial charge on any atom is -0.388 e. The number of aryl methyl sites for hydroxylation is 1. The molecule has 0 amide bonds. The van der Waals surface area contributed by atoms with Crippen molar-refractivity contribution in [1.29, 1.82) is 0 Å². The van der Waals surface area contributed by atoms with Crippen molar-refractivity contribution >= 4 is 11.8 Å². The van der Waals surface area contributed by atoms with Crippen LogP contribution in [0.2, 0.25) is 0 Å². The first-order valence-corrected chi connectivity index (χ1v) is 8.46. The smallest absolute Gasteiger partial charge is 0.191 e. The zero-order valence-corrected chi connectivity index (χ0v) is 14.0. The molecule has 3 rings (SSSR count). The van der Waals surface area contributed by atoms with Crippen molar-refractivity contribution < 1.29 is 5.11 Å². The highest BCUT2D eigenvalue weighted by Gasteiger charge is 2.14. The first-order valence-electron chi connectivity index (χ1n) is 7.47. The molecule has 0 radical (unpaired) electrons. The Hall–Kier alpha value is -2.11. The number of nitrogens with zero attached hydrogens (tertiary/aromatic N) is 3. The van der Waals surface area contributed by atoms with E-state index in [4.69, 9.17) is 0 Å². The van der Waals surface area contributed by atoms with Gasteiger partial charge in [0, 0.05) is 18.4 Å². The van der Waals surface area contributed by atoms with E-state index in [0.29, 0.717) is 5.75 Å². The molecule has 2 aromatic carbocycles. The van der Waals surface area contributed by atoms with Gasteiger partial charge in [-0.05, 0) is 18.6 Å². The third kappa shape index (κ3) is 3.63. The molecule has 1 atom stereocenters. The van der Waals surface area contributed by atoms with Gasteiger partial charge in [0.05, 0.1) is 6.10 Å². The standard InChI is InChI=1S/C18H19N3OS/c1-13-7-6-10-15(11-13)17-19-20-18(21(17)2)23-12-16(22)14-8-4-3-5-9-14/h3-11,16,22H,12H2,1-2H3. The number of thioether (sulfide) groups is 1. The summed E-state index contributed by atoms with van der Waals surface area (Å²) in [6.45, 7) is 2.06. The van der Waals surface area contributed by atoms with Gasteiger partial charge in [0.25, 0.3) is 0 Å². The maximum atomic E-state index is 10.3. The third-order valence-electron chi connectivity index (χ3n) is 3.67. The van der Waals surface area contributed by atoms with E-state index in [1.165, 1.54) is 17.3 Å². The van der Waals surface area contributed by atoms with Crippen LogP contribution in [-0.2, 0) is 7.05 Å². The van der Waals surface area contributed by atoms with Gasteiger partial charge in [-0.15, -0.1) is 10.2 Å². The van der Waals surface area contributed by atoms with E-state index < -0.39 is 6.10 Å². The van der Waals surface area contributed by atoms with Gasteiger partial charge >= 0.3 is 0 Å². The molecule has 5 heteroatoms. The Labute approximate surface area is 140 Å². The lowest BCUT2D eigenvalue weighted by molar-refractivity contribution is 0.204. The molecule has 0 saturated carbocycles. The number of benzene rings is 2. The van der Waals surface area contributed by atoms with Crippen LogP contribution in [0, 0.1) is 6.92 Å². The molecule has 3 aromatic rings. The fraction of sp³-hybridized carbons (Fsp3) is 0.222. The van der Waals surface area contributed by atoms with Crippen molar-refractivity contribution in [1.82, 2.24) is 14.8 Å². The van der Waals surface area contributed by atoms with E-state index in [-0.39, 0.29) is 0 Å². The van der Waals surface area contributed by atoms with Crippen LogP contribution in [0.25, 0.3) is 11.4 Å². The van der Waals surface area contributed by atoms with Gasteiger partial charge in [-0.3, -0.25) is 0 Å². The Kier molecular flexibility index (Phi) is 4.79. The molecule has 0 spiro atoms. The van der Waals surface area contributed by atoms with Crippen molar-refractivity contribution in [2.24, 2.45) is 7.05 Å². The van der Waals surface area contributed by atoms with Gasteiger partial charge in [0.1, 0.15) is 0 Å². The average molecular weight is 325 g/mol. The fourth-order valence-corrected chi connectivity index (χ4v) is 3.28. The Balaban J connectivity index is 1.73. The van der Waals surface area contributed by atoms with Crippen LogP contribution in [0.3, 0.4) is 0 Å². The molecular formula is C18H19N3OS. The summed E-state index contributed by atoms with van der Waals surface area (Å²) in [5.41, 5.74) is 3.16. The summed E-state index contributed by atoms with van der Waals surface area (Å²) >= 11 is 1.51. The summed E-state index contributed by atoms with van der Waals surface area (Å²) in [6.07, 6.45) is -0.514. The Morgan fingerprint density at radius 2 is 1.87 bits per heavy atom. The summed E-state index contributed by atoms with van der Waals surface area (Å²) in [5, 5.41) is 19.6. The topological polar surface area (TPSA) is 50.9 Å². The van der Waals surface area contributed by atoms with Crippen molar-refractivity contribution in [2.75, 3.05) is 5.75 Å². The van der Waals surface area contributed by atoms with Crippen LogP contribution in [-0.4, -0.2) is 25.6 Å². The lowest BCUT2D eigenvalue weighted by atomic mass is 10.1. The minimum absolute atomic E-state index is 0.514. The number of aliphatic hydroxyl groups excluding tert-OH is 1. The molecule has 0 saturated heterocycles. The van der Waals surface area contributed by atoms with Gasteiger partial charge in [-0.1, -0.05) is 65.9 Å². The summed E-state index contributed by atoms with van der Waals surface area (Å²) in [4.78, 5) is 0. The van der Waals surface area contributed by atoms with Crippen molar-refractivity contribution in [3.05, 3.63) is 65.7 Å². The number of aliphatic hydroxyl groups is 1. The molecule has 0 bridgehead atoms. The van der Waals surface area contributed by atoms with Crippen LogP contribution in [0.4, 0.5) is 0 Å². The molecule has 4 nitrogen and oxygen atoms in total. The second-order valence-electron chi connectivity index (χ2n) is 5.47. The lowest BCUT2D eigenvalue weighted by Crippen LogP contribution is -2.02. The third-order valence-corrected chi connectivity index (χ3v) is 4.76. The Bertz CT molecular complexity index is 786. The molecule has 23 heavy (non-hydrogen) atoms. The van der Waals surface area contributed by atoms with Gasteiger partial charge in [-0.25, -0.2) is 0 Å². The number of rotatable bonds is 5. The van der Waals surface area contributed by atoms with Crippen molar-refractivity contribution in [2.45, 2.75) is 18.2 Å². The quantitative estimate of drug-likeness (QED) is 0.728. The molecule has 0 aliphatic rings. The zero-order chi connectivity index (χ0) is 16.2. The van der Waals surface area contributed by atoms with E-state index in [0.717, 1.165) is 22.1 Å². The summed E-state index contributed by atoms with van der Waals surface area (Å²) in [7, 11) is 1.95. The SMILES string of the molecule is Cc1cccc(-c2nnc(SCC(O)c3ccccc3)n2C)c1.